The summed E-state index contributed by atoms with van der Waals surface area (Å²) in [5.41, 5.74) is 2.76. The van der Waals surface area contributed by atoms with Crippen LogP contribution in [0.15, 0.2) is 54.6 Å². The average Bonchev–Trinajstić information content (AvgIpc) is 2.44. The van der Waals surface area contributed by atoms with E-state index in [2.05, 4.69) is 48.5 Å². The van der Waals surface area contributed by atoms with Gasteiger partial charge in [0.05, 0.1) is 5.60 Å². The molecule has 1 unspecified atom stereocenters. The summed E-state index contributed by atoms with van der Waals surface area (Å²) in [6, 6.07) is 18.7. The second-order valence-corrected chi connectivity index (χ2v) is 6.22. The van der Waals surface area contributed by atoms with Crippen LogP contribution in [-0.2, 0) is 5.60 Å². The van der Waals surface area contributed by atoms with Gasteiger partial charge in [-0.3, -0.25) is 0 Å². The summed E-state index contributed by atoms with van der Waals surface area (Å²) >= 11 is 0. The van der Waals surface area contributed by atoms with Crippen LogP contribution in [0.5, 0.6) is 0 Å². The van der Waals surface area contributed by atoms with Crippen molar-refractivity contribution in [2.75, 3.05) is 0 Å². The predicted molar refractivity (Wildman–Crippen MR) is 83.4 cm³/mol. The zero-order chi connectivity index (χ0) is 14.0. The van der Waals surface area contributed by atoms with Crippen LogP contribution in [0.2, 0.25) is 0 Å². The van der Waals surface area contributed by atoms with Crippen LogP contribution in [0.3, 0.4) is 0 Å². The minimum atomic E-state index is -0.694. The van der Waals surface area contributed by atoms with E-state index in [0.717, 1.165) is 12.0 Å². The molecule has 2 aromatic carbocycles. The van der Waals surface area contributed by atoms with Crippen molar-refractivity contribution in [3.8, 4) is 11.1 Å². The lowest BCUT2D eigenvalue weighted by Crippen LogP contribution is -2.27. The highest BCUT2D eigenvalue weighted by atomic mass is 16.3. The molecule has 0 aromatic heterocycles. The molecular weight excluding hydrogens is 244 g/mol. The van der Waals surface area contributed by atoms with Gasteiger partial charge < -0.3 is 5.11 Å². The highest BCUT2D eigenvalue weighted by molar-refractivity contribution is 5.63. The zero-order valence-corrected chi connectivity index (χ0v) is 12.0. The molecule has 1 heteroatoms. The van der Waals surface area contributed by atoms with E-state index in [-0.39, 0.29) is 0 Å². The largest absolute Gasteiger partial charge is 0.385 e. The van der Waals surface area contributed by atoms with E-state index in [9.17, 15) is 5.11 Å². The predicted octanol–water partition coefficient (Wildman–Crippen LogP) is 4.75. The molecule has 1 saturated carbocycles. The molecule has 0 aliphatic heterocycles. The van der Waals surface area contributed by atoms with Crippen LogP contribution in [0.25, 0.3) is 11.1 Å². The fourth-order valence-electron chi connectivity index (χ4n) is 3.03. The van der Waals surface area contributed by atoms with Crippen molar-refractivity contribution in [2.45, 2.75) is 38.2 Å². The SMILES string of the molecule is CC(O)(CC1CCC1)c1ccc(-c2ccccc2)cc1. The summed E-state index contributed by atoms with van der Waals surface area (Å²) in [5, 5.41) is 10.7. The first kappa shape index (κ1) is 13.4. The Kier molecular flexibility index (Phi) is 3.62. The fourth-order valence-corrected chi connectivity index (χ4v) is 3.03. The first-order valence-electron chi connectivity index (χ1n) is 7.53. The van der Waals surface area contributed by atoms with E-state index >= 15 is 0 Å². The zero-order valence-electron chi connectivity index (χ0n) is 12.0. The van der Waals surface area contributed by atoms with Crippen molar-refractivity contribution in [2.24, 2.45) is 5.92 Å². The Morgan fingerprint density at radius 3 is 2.10 bits per heavy atom. The minimum absolute atomic E-state index is 0.694. The lowest BCUT2D eigenvalue weighted by Gasteiger charge is -2.33. The van der Waals surface area contributed by atoms with Gasteiger partial charge in [0, 0.05) is 0 Å². The normalized spacial score (nSPS) is 18.3. The van der Waals surface area contributed by atoms with Gasteiger partial charge in [-0.05, 0) is 36.0 Å². The number of benzene rings is 2. The molecule has 3 rings (SSSR count). The fraction of sp³-hybridized carbons (Fsp3) is 0.368. The summed E-state index contributed by atoms with van der Waals surface area (Å²) in [5.74, 6) is 0.707. The Morgan fingerprint density at radius 2 is 1.55 bits per heavy atom. The second-order valence-electron chi connectivity index (χ2n) is 6.22. The van der Waals surface area contributed by atoms with E-state index in [0.29, 0.717) is 5.92 Å². The van der Waals surface area contributed by atoms with E-state index in [1.54, 1.807) is 0 Å². The van der Waals surface area contributed by atoms with Crippen molar-refractivity contribution in [3.63, 3.8) is 0 Å². The van der Waals surface area contributed by atoms with Crippen LogP contribution in [0.1, 0.15) is 38.2 Å². The minimum Gasteiger partial charge on any atom is -0.385 e. The van der Waals surface area contributed by atoms with Crippen LogP contribution in [-0.4, -0.2) is 5.11 Å². The summed E-state index contributed by atoms with van der Waals surface area (Å²) in [4.78, 5) is 0. The Bertz CT molecular complexity index is 550. The second kappa shape index (κ2) is 5.41. The first-order valence-corrected chi connectivity index (χ1v) is 7.53. The summed E-state index contributed by atoms with van der Waals surface area (Å²) < 4.78 is 0. The van der Waals surface area contributed by atoms with Gasteiger partial charge in [-0.25, -0.2) is 0 Å². The molecule has 1 aliphatic rings. The van der Waals surface area contributed by atoms with Crippen LogP contribution in [0, 0.1) is 5.92 Å². The van der Waals surface area contributed by atoms with Crippen molar-refractivity contribution in [3.05, 3.63) is 60.2 Å². The molecule has 1 aliphatic carbocycles. The third-order valence-electron chi connectivity index (χ3n) is 4.52. The van der Waals surface area contributed by atoms with E-state index in [4.69, 9.17) is 0 Å². The molecule has 104 valence electrons. The Labute approximate surface area is 121 Å². The topological polar surface area (TPSA) is 20.2 Å². The smallest absolute Gasteiger partial charge is 0.0871 e. The van der Waals surface area contributed by atoms with Gasteiger partial charge >= 0.3 is 0 Å². The van der Waals surface area contributed by atoms with Crippen LogP contribution >= 0.6 is 0 Å². The van der Waals surface area contributed by atoms with Crippen LogP contribution in [0.4, 0.5) is 0 Å². The van der Waals surface area contributed by atoms with Crippen LogP contribution < -0.4 is 0 Å². The van der Waals surface area contributed by atoms with Gasteiger partial charge in [-0.2, -0.15) is 0 Å². The highest BCUT2D eigenvalue weighted by Gasteiger charge is 2.30. The number of hydrogen-bond donors (Lipinski definition) is 1. The molecular formula is C19H22O. The van der Waals surface area contributed by atoms with Gasteiger partial charge in [-0.15, -0.1) is 0 Å². The first-order chi connectivity index (χ1) is 9.65. The van der Waals surface area contributed by atoms with Crippen molar-refractivity contribution in [1.29, 1.82) is 0 Å². The summed E-state index contributed by atoms with van der Waals surface area (Å²) in [7, 11) is 0. The maximum absolute atomic E-state index is 10.7. The maximum atomic E-state index is 10.7. The molecule has 0 amide bonds. The summed E-state index contributed by atoms with van der Waals surface area (Å²) in [6.07, 6.45) is 4.77. The van der Waals surface area contributed by atoms with E-state index in [1.165, 1.54) is 30.4 Å². The third kappa shape index (κ3) is 2.78. The summed E-state index contributed by atoms with van der Waals surface area (Å²) in [6.45, 7) is 1.95. The highest BCUT2D eigenvalue weighted by Crippen LogP contribution is 2.38. The molecule has 0 heterocycles. The quantitative estimate of drug-likeness (QED) is 0.846. The van der Waals surface area contributed by atoms with E-state index in [1.807, 2.05) is 13.0 Å². The van der Waals surface area contributed by atoms with Gasteiger partial charge in [0.25, 0.3) is 0 Å². The number of aliphatic hydroxyl groups is 1. The van der Waals surface area contributed by atoms with Crippen molar-refractivity contribution < 1.29 is 5.11 Å². The maximum Gasteiger partial charge on any atom is 0.0871 e. The van der Waals surface area contributed by atoms with Gasteiger partial charge in [-0.1, -0.05) is 73.9 Å². The lowest BCUT2D eigenvalue weighted by molar-refractivity contribution is 0.0162. The van der Waals surface area contributed by atoms with Gasteiger partial charge in [0.2, 0.25) is 0 Å². The Balaban J connectivity index is 1.78. The standard InChI is InChI=1S/C19H22O/c1-19(20,14-15-6-5-7-15)18-12-10-17(11-13-18)16-8-3-2-4-9-16/h2-4,8-13,15,20H,5-7,14H2,1H3. The Morgan fingerprint density at radius 1 is 0.950 bits per heavy atom. The molecule has 20 heavy (non-hydrogen) atoms. The molecule has 0 saturated heterocycles. The molecule has 0 bridgehead atoms. The average molecular weight is 266 g/mol. The molecule has 2 aromatic rings. The lowest BCUT2D eigenvalue weighted by atomic mass is 9.75. The monoisotopic (exact) mass is 266 g/mol. The van der Waals surface area contributed by atoms with Gasteiger partial charge in [0.1, 0.15) is 0 Å². The van der Waals surface area contributed by atoms with Crippen molar-refractivity contribution in [1.82, 2.24) is 0 Å². The number of rotatable bonds is 4. The molecule has 1 fully saturated rings. The molecule has 1 nitrogen and oxygen atoms in total. The molecule has 0 spiro atoms. The number of hydrogen-bond acceptors (Lipinski definition) is 1. The Hall–Kier alpha value is -1.60. The van der Waals surface area contributed by atoms with Crippen molar-refractivity contribution >= 4 is 0 Å². The van der Waals surface area contributed by atoms with E-state index < -0.39 is 5.60 Å². The van der Waals surface area contributed by atoms with Gasteiger partial charge in [0.15, 0.2) is 0 Å². The third-order valence-corrected chi connectivity index (χ3v) is 4.52. The molecule has 0 radical (unpaired) electrons. The molecule has 1 N–H and O–H groups in total. The molecule has 1 atom stereocenters.